The zero-order valence-electron chi connectivity index (χ0n) is 13.5. The van der Waals surface area contributed by atoms with Crippen LogP contribution in [0.25, 0.3) is 10.2 Å². The van der Waals surface area contributed by atoms with Crippen LogP contribution < -0.4 is 5.32 Å². The summed E-state index contributed by atoms with van der Waals surface area (Å²) in [5.74, 6) is 0.0877. The van der Waals surface area contributed by atoms with Crippen LogP contribution >= 0.6 is 11.3 Å². The summed E-state index contributed by atoms with van der Waals surface area (Å²) < 4.78 is 0. The zero-order valence-corrected chi connectivity index (χ0v) is 14.3. The van der Waals surface area contributed by atoms with Crippen molar-refractivity contribution in [3.63, 3.8) is 0 Å². The Hall–Kier alpha value is -1.46. The van der Waals surface area contributed by atoms with Gasteiger partial charge in [-0.15, -0.1) is 11.3 Å². The molecule has 5 heteroatoms. The Kier molecular flexibility index (Phi) is 4.45. The van der Waals surface area contributed by atoms with Crippen LogP contribution in [0.1, 0.15) is 35.4 Å². The first kappa shape index (κ1) is 15.4. The van der Waals surface area contributed by atoms with Gasteiger partial charge in [-0.05, 0) is 58.3 Å². The molecular weight excluding hydrogens is 294 g/mol. The Bertz CT molecular complexity index is 701. The van der Waals surface area contributed by atoms with Crippen molar-refractivity contribution < 1.29 is 4.79 Å². The summed E-state index contributed by atoms with van der Waals surface area (Å²) in [6.07, 6.45) is 3.70. The number of amides is 1. The summed E-state index contributed by atoms with van der Waals surface area (Å²) >= 11 is 1.66. The van der Waals surface area contributed by atoms with Gasteiger partial charge in [0.15, 0.2) is 0 Å². The summed E-state index contributed by atoms with van der Waals surface area (Å²) in [4.78, 5) is 21.4. The highest BCUT2D eigenvalue weighted by Gasteiger charge is 2.18. The van der Waals surface area contributed by atoms with Crippen LogP contribution in [0.5, 0.6) is 0 Å². The van der Waals surface area contributed by atoms with Crippen LogP contribution in [0.4, 0.5) is 5.69 Å². The van der Waals surface area contributed by atoms with Crippen LogP contribution in [0, 0.1) is 20.8 Å². The molecule has 1 N–H and O–H groups in total. The number of aryl methyl sites for hydroxylation is 3. The molecule has 1 aliphatic rings. The molecule has 3 heterocycles. The normalized spacial score (nSPS) is 16.1. The lowest BCUT2D eigenvalue weighted by molar-refractivity contribution is -0.117. The number of carbonyl (C=O) groups excluding carboxylic acids is 1. The van der Waals surface area contributed by atoms with E-state index in [0.29, 0.717) is 6.54 Å². The molecule has 1 aliphatic heterocycles. The van der Waals surface area contributed by atoms with Crippen molar-refractivity contribution in [1.82, 2.24) is 9.88 Å². The Labute approximate surface area is 135 Å². The average molecular weight is 317 g/mol. The Balaban J connectivity index is 1.81. The second-order valence-electron chi connectivity index (χ2n) is 6.18. The summed E-state index contributed by atoms with van der Waals surface area (Å²) in [6.45, 7) is 8.72. The molecule has 0 unspecified atom stereocenters. The fraction of sp³-hybridized carbons (Fsp3) is 0.529. The molecule has 0 bridgehead atoms. The van der Waals surface area contributed by atoms with Gasteiger partial charge in [0.2, 0.25) is 5.91 Å². The minimum absolute atomic E-state index is 0.0877. The maximum atomic E-state index is 12.4. The SMILES string of the molecule is Cc1cc(C)c2c(NC(=O)CN3CCCCC3)c(C)sc2n1. The number of nitrogens with zero attached hydrogens (tertiary/aromatic N) is 2. The largest absolute Gasteiger partial charge is 0.323 e. The molecule has 0 saturated carbocycles. The van der Waals surface area contributed by atoms with E-state index in [1.807, 2.05) is 6.92 Å². The molecule has 0 atom stereocenters. The quantitative estimate of drug-likeness (QED) is 0.940. The van der Waals surface area contributed by atoms with Crippen molar-refractivity contribution in [2.45, 2.75) is 40.0 Å². The fourth-order valence-electron chi connectivity index (χ4n) is 3.20. The van der Waals surface area contributed by atoms with E-state index in [1.165, 1.54) is 24.8 Å². The minimum atomic E-state index is 0.0877. The van der Waals surface area contributed by atoms with Crippen molar-refractivity contribution in [3.05, 3.63) is 22.2 Å². The second kappa shape index (κ2) is 6.34. The lowest BCUT2D eigenvalue weighted by Crippen LogP contribution is -2.36. The number of pyridine rings is 1. The highest BCUT2D eigenvalue weighted by atomic mass is 32.1. The molecule has 22 heavy (non-hydrogen) atoms. The van der Waals surface area contributed by atoms with Gasteiger partial charge >= 0.3 is 0 Å². The lowest BCUT2D eigenvalue weighted by atomic mass is 10.1. The van der Waals surface area contributed by atoms with Gasteiger partial charge in [0.25, 0.3) is 0 Å². The highest BCUT2D eigenvalue weighted by molar-refractivity contribution is 7.19. The van der Waals surface area contributed by atoms with E-state index in [0.717, 1.165) is 39.6 Å². The van der Waals surface area contributed by atoms with Gasteiger partial charge in [-0.1, -0.05) is 6.42 Å². The topological polar surface area (TPSA) is 45.2 Å². The number of hydrogen-bond donors (Lipinski definition) is 1. The van der Waals surface area contributed by atoms with Crippen LogP contribution in [0.2, 0.25) is 0 Å². The summed E-state index contributed by atoms with van der Waals surface area (Å²) in [5.41, 5.74) is 3.16. The van der Waals surface area contributed by atoms with E-state index < -0.39 is 0 Å². The second-order valence-corrected chi connectivity index (χ2v) is 7.38. The number of rotatable bonds is 3. The number of hydrogen-bond acceptors (Lipinski definition) is 4. The molecule has 0 radical (unpaired) electrons. The first-order valence-corrected chi connectivity index (χ1v) is 8.76. The Morgan fingerprint density at radius 3 is 2.73 bits per heavy atom. The van der Waals surface area contributed by atoms with Gasteiger partial charge in [0, 0.05) is 16.0 Å². The van der Waals surface area contributed by atoms with Crippen LogP contribution in [-0.4, -0.2) is 35.4 Å². The molecule has 2 aromatic rings. The maximum Gasteiger partial charge on any atom is 0.238 e. The van der Waals surface area contributed by atoms with Crippen molar-refractivity contribution in [1.29, 1.82) is 0 Å². The molecule has 118 valence electrons. The third kappa shape index (κ3) is 3.15. The minimum Gasteiger partial charge on any atom is -0.323 e. The van der Waals surface area contributed by atoms with E-state index in [2.05, 4.69) is 35.1 Å². The molecule has 1 saturated heterocycles. The number of thiophene rings is 1. The van der Waals surface area contributed by atoms with Crippen LogP contribution in [0.15, 0.2) is 6.07 Å². The zero-order chi connectivity index (χ0) is 15.7. The van der Waals surface area contributed by atoms with Gasteiger partial charge in [-0.25, -0.2) is 4.98 Å². The summed E-state index contributed by atoms with van der Waals surface area (Å²) in [7, 11) is 0. The van der Waals surface area contributed by atoms with E-state index in [9.17, 15) is 4.79 Å². The molecule has 4 nitrogen and oxygen atoms in total. The summed E-state index contributed by atoms with van der Waals surface area (Å²) in [6, 6.07) is 2.08. The number of likely N-dealkylation sites (tertiary alicyclic amines) is 1. The predicted molar refractivity (Wildman–Crippen MR) is 92.8 cm³/mol. The van der Waals surface area contributed by atoms with Crippen molar-refractivity contribution >= 4 is 33.1 Å². The molecule has 0 spiro atoms. The lowest BCUT2D eigenvalue weighted by Gasteiger charge is -2.25. The molecule has 0 aliphatic carbocycles. The first-order chi connectivity index (χ1) is 10.5. The molecule has 0 aromatic carbocycles. The number of carbonyl (C=O) groups is 1. The van der Waals surface area contributed by atoms with Gasteiger partial charge in [-0.3, -0.25) is 9.69 Å². The smallest absolute Gasteiger partial charge is 0.238 e. The standard InChI is InChI=1S/C17H23N3OS/c1-11-9-12(2)18-17-15(11)16(13(3)22-17)19-14(21)10-20-7-5-4-6-8-20/h9H,4-8,10H2,1-3H3,(H,19,21). The molecule has 2 aromatic heterocycles. The van der Waals surface area contributed by atoms with Crippen LogP contribution in [0.3, 0.4) is 0 Å². The fourth-order valence-corrected chi connectivity index (χ4v) is 4.30. The van der Waals surface area contributed by atoms with Crippen molar-refractivity contribution in [2.75, 3.05) is 25.0 Å². The molecule has 3 rings (SSSR count). The van der Waals surface area contributed by atoms with Gasteiger partial charge in [-0.2, -0.15) is 0 Å². The third-order valence-electron chi connectivity index (χ3n) is 4.24. The van der Waals surface area contributed by atoms with E-state index in [4.69, 9.17) is 0 Å². The van der Waals surface area contributed by atoms with E-state index in [1.54, 1.807) is 11.3 Å². The number of aromatic nitrogens is 1. The third-order valence-corrected chi connectivity index (χ3v) is 5.24. The van der Waals surface area contributed by atoms with Crippen molar-refractivity contribution in [3.8, 4) is 0 Å². The summed E-state index contributed by atoms with van der Waals surface area (Å²) in [5, 5.41) is 4.23. The van der Waals surface area contributed by atoms with Gasteiger partial charge in [0.05, 0.1) is 12.2 Å². The predicted octanol–water partition coefficient (Wildman–Crippen LogP) is 3.65. The van der Waals surface area contributed by atoms with Crippen molar-refractivity contribution in [2.24, 2.45) is 0 Å². The molecule has 1 amide bonds. The van der Waals surface area contributed by atoms with Crippen LogP contribution in [-0.2, 0) is 4.79 Å². The molecule has 1 fully saturated rings. The number of piperidine rings is 1. The number of nitrogens with one attached hydrogen (secondary N) is 1. The number of fused-ring (bicyclic) bond motifs is 1. The van der Waals surface area contributed by atoms with Gasteiger partial charge in [0.1, 0.15) is 4.83 Å². The first-order valence-electron chi connectivity index (χ1n) is 7.94. The average Bonchev–Trinajstić information content (AvgIpc) is 2.75. The van der Waals surface area contributed by atoms with Gasteiger partial charge < -0.3 is 5.32 Å². The highest BCUT2D eigenvalue weighted by Crippen LogP contribution is 2.36. The monoisotopic (exact) mass is 317 g/mol. The Morgan fingerprint density at radius 2 is 2.00 bits per heavy atom. The van der Waals surface area contributed by atoms with E-state index >= 15 is 0 Å². The maximum absolute atomic E-state index is 12.4. The number of anilines is 1. The van der Waals surface area contributed by atoms with E-state index in [-0.39, 0.29) is 5.91 Å². The molecular formula is C17H23N3OS. The Morgan fingerprint density at radius 1 is 1.27 bits per heavy atom.